The number of hydrogen-bond donors (Lipinski definition) is 2. The smallest absolute Gasteiger partial charge is 0.198 e. The van der Waals surface area contributed by atoms with Gasteiger partial charge in [0.2, 0.25) is 0 Å². The Morgan fingerprint density at radius 2 is 1.69 bits per heavy atom. The maximum Gasteiger partial charge on any atom is 0.198 e. The van der Waals surface area contributed by atoms with Gasteiger partial charge in [0, 0.05) is 61.5 Å². The number of fused-ring (bicyclic) bond motifs is 1. The lowest BCUT2D eigenvalue weighted by Gasteiger charge is -2.14. The summed E-state index contributed by atoms with van der Waals surface area (Å²) in [7, 11) is 4.92. The largest absolute Gasteiger partial charge is 0.493 e. The molecule has 0 radical (unpaired) electrons. The van der Waals surface area contributed by atoms with E-state index in [4.69, 9.17) is 18.9 Å². The van der Waals surface area contributed by atoms with E-state index < -0.39 is 17.4 Å². The van der Waals surface area contributed by atoms with Gasteiger partial charge < -0.3 is 29.6 Å². The molecule has 0 aliphatic heterocycles. The van der Waals surface area contributed by atoms with Crippen molar-refractivity contribution in [3.63, 3.8) is 0 Å². The predicted octanol–water partition coefficient (Wildman–Crippen LogP) is 5.25. The third kappa shape index (κ3) is 7.51. The van der Waals surface area contributed by atoms with Crippen LogP contribution < -0.4 is 29.6 Å². The number of halogens is 2. The summed E-state index contributed by atoms with van der Waals surface area (Å²) in [6, 6.07) is 8.91. The highest BCUT2D eigenvalue weighted by molar-refractivity contribution is 5.88. The first-order chi connectivity index (χ1) is 18.9. The summed E-state index contributed by atoms with van der Waals surface area (Å²) in [5.41, 5.74) is 1.35. The molecule has 0 atom stereocenters. The second-order valence-electron chi connectivity index (χ2n) is 7.87. The van der Waals surface area contributed by atoms with Gasteiger partial charge in [0.05, 0.1) is 24.8 Å². The van der Waals surface area contributed by atoms with Crippen LogP contribution in [0, 0.1) is 11.6 Å². The number of aldehydes is 1. The molecule has 0 unspecified atom stereocenters. The summed E-state index contributed by atoms with van der Waals surface area (Å²) in [6.07, 6.45) is 5.31. The predicted molar refractivity (Wildman–Crippen MR) is 144 cm³/mol. The number of likely N-dealkylation sites (N-methyl/N-ethyl adjacent to an activating group) is 1. The van der Waals surface area contributed by atoms with Crippen molar-refractivity contribution in [1.82, 2.24) is 15.3 Å². The lowest BCUT2D eigenvalue weighted by Crippen LogP contribution is -2.16. The van der Waals surface area contributed by atoms with Crippen LogP contribution in [0.15, 0.2) is 55.0 Å². The number of benzene rings is 2. The van der Waals surface area contributed by atoms with Crippen molar-refractivity contribution < 1.29 is 32.5 Å². The Morgan fingerprint density at radius 3 is 2.33 bits per heavy atom. The Kier molecular flexibility index (Phi) is 10.8. The van der Waals surface area contributed by atoms with E-state index in [0.717, 1.165) is 18.4 Å². The number of carbonyl (C=O) groups is 1. The average Bonchev–Trinajstić information content (AvgIpc) is 2.95. The summed E-state index contributed by atoms with van der Waals surface area (Å²) < 4.78 is 50.4. The van der Waals surface area contributed by atoms with E-state index in [2.05, 4.69) is 20.6 Å². The Morgan fingerprint density at radius 1 is 0.949 bits per heavy atom. The fraction of sp³-hybridized carbons (Fsp3) is 0.250. The minimum absolute atomic E-state index is 0.250. The quantitative estimate of drug-likeness (QED) is 0.195. The zero-order valence-corrected chi connectivity index (χ0v) is 22.1. The molecule has 2 aromatic carbocycles. The molecular formula is C28H30F2N4O5. The van der Waals surface area contributed by atoms with E-state index in [9.17, 15) is 13.6 Å². The van der Waals surface area contributed by atoms with Crippen LogP contribution in [0.25, 0.3) is 10.9 Å². The summed E-state index contributed by atoms with van der Waals surface area (Å²) >= 11 is 0. The molecule has 0 saturated carbocycles. The Labute approximate surface area is 225 Å². The minimum Gasteiger partial charge on any atom is -0.493 e. The van der Waals surface area contributed by atoms with Crippen molar-refractivity contribution in [3.8, 4) is 28.7 Å². The Hall–Kier alpha value is -4.51. The molecule has 2 aromatic heterocycles. The Balaban J connectivity index is 0.000000320. The lowest BCUT2D eigenvalue weighted by atomic mass is 10.1. The number of aromatic nitrogens is 2. The van der Waals surface area contributed by atoms with Crippen molar-refractivity contribution in [3.05, 3.63) is 72.2 Å². The standard InChI is InChI=1S/C20H21F2N3O3.C8H9NO2/c1-23-6-7-27-19-11-16-13(10-18(19)26-3)17(4-5-25-16)28-20-14(21)8-12(24-2)9-15(20)22;1-2-11-8-3-4-9-5-7(8)6-10/h4-5,8-11,23-24H,6-7H2,1-3H3;3-6H,2H2,1H3. The molecule has 9 nitrogen and oxygen atoms in total. The van der Waals surface area contributed by atoms with Crippen LogP contribution in [-0.2, 0) is 0 Å². The first-order valence-electron chi connectivity index (χ1n) is 12.1. The molecule has 4 rings (SSSR count). The number of nitrogens with one attached hydrogen (secondary N) is 2. The van der Waals surface area contributed by atoms with Crippen molar-refractivity contribution in [2.45, 2.75) is 6.92 Å². The second-order valence-corrected chi connectivity index (χ2v) is 7.87. The van der Waals surface area contributed by atoms with Crippen LogP contribution in [0.1, 0.15) is 17.3 Å². The number of anilines is 1. The lowest BCUT2D eigenvalue weighted by molar-refractivity contribution is 0.111. The van der Waals surface area contributed by atoms with E-state index in [1.54, 1.807) is 31.4 Å². The van der Waals surface area contributed by atoms with Gasteiger partial charge in [-0.3, -0.25) is 14.8 Å². The molecule has 4 aromatic rings. The monoisotopic (exact) mass is 540 g/mol. The maximum atomic E-state index is 14.3. The van der Waals surface area contributed by atoms with E-state index in [1.165, 1.54) is 25.6 Å². The molecule has 0 aliphatic rings. The molecule has 39 heavy (non-hydrogen) atoms. The van der Waals surface area contributed by atoms with E-state index in [1.807, 2.05) is 14.0 Å². The third-order valence-corrected chi connectivity index (χ3v) is 5.33. The number of methoxy groups -OCH3 is 1. The van der Waals surface area contributed by atoms with Crippen LogP contribution in [0.3, 0.4) is 0 Å². The van der Waals surface area contributed by atoms with Gasteiger partial charge in [-0.05, 0) is 32.2 Å². The molecule has 0 amide bonds. The summed E-state index contributed by atoms with van der Waals surface area (Å²) in [6.45, 7) is 3.54. The van der Waals surface area contributed by atoms with E-state index in [-0.39, 0.29) is 5.75 Å². The van der Waals surface area contributed by atoms with Gasteiger partial charge in [0.1, 0.15) is 18.1 Å². The average molecular weight is 541 g/mol. The number of nitrogens with zero attached hydrogens (tertiary/aromatic N) is 2. The van der Waals surface area contributed by atoms with Crippen LogP contribution >= 0.6 is 0 Å². The van der Waals surface area contributed by atoms with Gasteiger partial charge >= 0.3 is 0 Å². The number of carbonyl (C=O) groups excluding carboxylic acids is 1. The van der Waals surface area contributed by atoms with Crippen LogP contribution in [0.2, 0.25) is 0 Å². The van der Waals surface area contributed by atoms with E-state index >= 15 is 0 Å². The van der Waals surface area contributed by atoms with Gasteiger partial charge in [-0.15, -0.1) is 0 Å². The van der Waals surface area contributed by atoms with Gasteiger partial charge in [-0.2, -0.15) is 0 Å². The molecule has 2 N–H and O–H groups in total. The molecule has 0 spiro atoms. The molecule has 2 heterocycles. The zero-order chi connectivity index (χ0) is 28.2. The summed E-state index contributed by atoms with van der Waals surface area (Å²) in [5, 5.41) is 6.22. The topological polar surface area (TPSA) is 104 Å². The first-order valence-corrected chi connectivity index (χ1v) is 12.1. The molecule has 0 bridgehead atoms. The molecule has 206 valence electrons. The van der Waals surface area contributed by atoms with Crippen molar-refractivity contribution in [2.75, 3.05) is 46.3 Å². The van der Waals surface area contributed by atoms with Crippen molar-refractivity contribution in [2.24, 2.45) is 0 Å². The van der Waals surface area contributed by atoms with Gasteiger partial charge in [0.25, 0.3) is 0 Å². The van der Waals surface area contributed by atoms with Gasteiger partial charge in [0.15, 0.2) is 35.2 Å². The summed E-state index contributed by atoms with van der Waals surface area (Å²) in [4.78, 5) is 18.5. The maximum absolute atomic E-state index is 14.3. The Bertz CT molecular complexity index is 1380. The molecule has 0 saturated heterocycles. The molecule has 0 fully saturated rings. The highest BCUT2D eigenvalue weighted by Crippen LogP contribution is 2.38. The molecular weight excluding hydrogens is 510 g/mol. The highest BCUT2D eigenvalue weighted by atomic mass is 19.1. The van der Waals surface area contributed by atoms with Crippen molar-refractivity contribution in [1.29, 1.82) is 0 Å². The van der Waals surface area contributed by atoms with Crippen LogP contribution in [0.5, 0.6) is 28.7 Å². The highest BCUT2D eigenvalue weighted by Gasteiger charge is 2.17. The fourth-order valence-electron chi connectivity index (χ4n) is 3.43. The van der Waals surface area contributed by atoms with Gasteiger partial charge in [-0.1, -0.05) is 0 Å². The number of rotatable bonds is 11. The van der Waals surface area contributed by atoms with Gasteiger partial charge in [-0.25, -0.2) is 8.78 Å². The second kappa shape index (κ2) is 14.4. The van der Waals surface area contributed by atoms with Crippen molar-refractivity contribution >= 4 is 22.9 Å². The third-order valence-electron chi connectivity index (χ3n) is 5.33. The normalized spacial score (nSPS) is 10.3. The molecule has 0 aliphatic carbocycles. The first kappa shape index (κ1) is 29.1. The number of hydrogen-bond acceptors (Lipinski definition) is 9. The van der Waals surface area contributed by atoms with Crippen LogP contribution in [-0.4, -0.2) is 57.2 Å². The number of pyridine rings is 2. The number of ether oxygens (including phenoxy) is 4. The minimum atomic E-state index is -0.812. The molecule has 11 heteroatoms. The fourth-order valence-corrected chi connectivity index (χ4v) is 3.43. The summed E-state index contributed by atoms with van der Waals surface area (Å²) in [5.74, 6) is -0.280. The SMILES string of the molecule is CCOc1ccncc1C=O.CNCCOc1cc2nccc(Oc3c(F)cc(NC)cc3F)c2cc1OC. The zero-order valence-electron chi connectivity index (χ0n) is 22.1. The van der Waals surface area contributed by atoms with E-state index in [0.29, 0.717) is 59.2 Å². The van der Waals surface area contributed by atoms with Crippen LogP contribution in [0.4, 0.5) is 14.5 Å².